The van der Waals surface area contributed by atoms with Crippen LogP contribution in [0.1, 0.15) is 10.4 Å². The molecule has 1 rings (SSSR count). The molecule has 0 aromatic heterocycles. The Morgan fingerprint density at radius 3 is 2.38 bits per heavy atom. The van der Waals surface area contributed by atoms with Crippen molar-refractivity contribution >= 4 is 22.8 Å². The number of hydrogen-bond donors (Lipinski definition) is 1. The predicted octanol–water partition coefficient (Wildman–Crippen LogP) is 2.57. The van der Waals surface area contributed by atoms with E-state index in [0.717, 1.165) is 6.07 Å². The normalized spacial score (nSPS) is 11.2. The summed E-state index contributed by atoms with van der Waals surface area (Å²) in [6, 6.07) is 4.75. The quantitative estimate of drug-likeness (QED) is 0.819. The molecule has 0 saturated heterocycles. The van der Waals surface area contributed by atoms with E-state index in [2.05, 4.69) is 0 Å². The van der Waals surface area contributed by atoms with Crippen molar-refractivity contribution in [3.05, 3.63) is 29.8 Å². The maximum Gasteiger partial charge on any atom is 0.461 e. The molecule has 0 radical (unpaired) electrons. The fourth-order valence-electron chi connectivity index (χ4n) is 0.858. The minimum Gasteiger partial charge on any atom is -0.478 e. The van der Waals surface area contributed by atoms with Crippen molar-refractivity contribution in [3.8, 4) is 0 Å². The molecular formula is C9H5F3O3S. The van der Waals surface area contributed by atoms with Gasteiger partial charge in [-0.2, -0.15) is 13.2 Å². The molecule has 1 aromatic rings. The molecule has 0 fully saturated rings. The van der Waals surface area contributed by atoms with Crippen molar-refractivity contribution in [2.45, 2.75) is 11.1 Å². The second-order valence-corrected chi connectivity index (χ2v) is 3.77. The van der Waals surface area contributed by atoms with Crippen LogP contribution in [0.25, 0.3) is 0 Å². The highest BCUT2D eigenvalue weighted by atomic mass is 32.2. The topological polar surface area (TPSA) is 54.4 Å². The van der Waals surface area contributed by atoms with Crippen LogP contribution in [-0.2, 0) is 4.79 Å². The summed E-state index contributed by atoms with van der Waals surface area (Å²) in [5.74, 6) is -1.26. The lowest BCUT2D eigenvalue weighted by molar-refractivity contribution is -0.160. The first-order valence-electron chi connectivity index (χ1n) is 3.93. The van der Waals surface area contributed by atoms with E-state index < -0.39 is 17.3 Å². The summed E-state index contributed by atoms with van der Waals surface area (Å²) in [6.45, 7) is 0. The van der Waals surface area contributed by atoms with Gasteiger partial charge >= 0.3 is 12.1 Å². The van der Waals surface area contributed by atoms with Crippen LogP contribution in [0.3, 0.4) is 0 Å². The van der Waals surface area contributed by atoms with Crippen LogP contribution in [0.4, 0.5) is 13.2 Å². The van der Waals surface area contributed by atoms with Gasteiger partial charge in [0.1, 0.15) is 0 Å². The molecule has 0 unspecified atom stereocenters. The Labute approximate surface area is 92.3 Å². The Balaban J connectivity index is 2.87. The third-order valence-electron chi connectivity index (χ3n) is 1.52. The minimum absolute atomic E-state index is 0.0451. The monoisotopic (exact) mass is 250 g/mol. The highest BCUT2D eigenvalue weighted by Gasteiger charge is 2.39. The Hall–Kier alpha value is -1.50. The number of carboxylic acids is 1. The van der Waals surface area contributed by atoms with E-state index >= 15 is 0 Å². The van der Waals surface area contributed by atoms with Gasteiger partial charge < -0.3 is 5.11 Å². The molecule has 0 aliphatic rings. The molecule has 7 heteroatoms. The summed E-state index contributed by atoms with van der Waals surface area (Å²) in [7, 11) is 0. The number of carbonyl (C=O) groups excluding carboxylic acids is 1. The van der Waals surface area contributed by atoms with Crippen LogP contribution in [-0.4, -0.2) is 22.4 Å². The standard InChI is InChI=1S/C9H5F3O3S/c10-9(11,12)8(15)16-6-3-1-2-5(4-6)7(13)14/h1-4H,(H,13,14). The largest absolute Gasteiger partial charge is 0.478 e. The first-order valence-corrected chi connectivity index (χ1v) is 4.74. The number of aromatic carboxylic acids is 1. The molecule has 86 valence electrons. The average molecular weight is 250 g/mol. The summed E-state index contributed by atoms with van der Waals surface area (Å²) in [4.78, 5) is 21.1. The Morgan fingerprint density at radius 1 is 1.25 bits per heavy atom. The molecule has 3 nitrogen and oxygen atoms in total. The van der Waals surface area contributed by atoms with Crippen LogP contribution in [0.5, 0.6) is 0 Å². The van der Waals surface area contributed by atoms with Crippen molar-refractivity contribution < 1.29 is 27.9 Å². The van der Waals surface area contributed by atoms with E-state index in [4.69, 9.17) is 5.11 Å². The number of hydrogen-bond acceptors (Lipinski definition) is 3. The number of benzene rings is 1. The third-order valence-corrected chi connectivity index (χ3v) is 2.43. The zero-order valence-corrected chi connectivity index (χ0v) is 8.43. The van der Waals surface area contributed by atoms with E-state index in [9.17, 15) is 22.8 Å². The summed E-state index contributed by atoms with van der Waals surface area (Å²) in [6.07, 6.45) is -4.93. The van der Waals surface area contributed by atoms with Crippen molar-refractivity contribution in [2.24, 2.45) is 0 Å². The second-order valence-electron chi connectivity index (χ2n) is 2.72. The zero-order valence-electron chi connectivity index (χ0n) is 7.62. The van der Waals surface area contributed by atoms with Gasteiger partial charge in [0.15, 0.2) is 0 Å². The number of alkyl halides is 3. The summed E-state index contributed by atoms with van der Waals surface area (Å²) in [5.41, 5.74) is -0.167. The van der Waals surface area contributed by atoms with Crippen LogP contribution < -0.4 is 0 Å². The van der Waals surface area contributed by atoms with Crippen LogP contribution in [0, 0.1) is 0 Å². The average Bonchev–Trinajstić information content (AvgIpc) is 2.16. The van der Waals surface area contributed by atoms with Crippen molar-refractivity contribution in [3.63, 3.8) is 0 Å². The minimum atomic E-state index is -4.93. The van der Waals surface area contributed by atoms with Gasteiger partial charge in [0.05, 0.1) is 5.56 Å². The molecule has 0 aliphatic heterocycles. The van der Waals surface area contributed by atoms with Gasteiger partial charge in [0.2, 0.25) is 0 Å². The van der Waals surface area contributed by atoms with Crippen molar-refractivity contribution in [2.75, 3.05) is 0 Å². The molecule has 16 heavy (non-hydrogen) atoms. The number of thioether (sulfide) groups is 1. The van der Waals surface area contributed by atoms with E-state index in [1.165, 1.54) is 18.2 Å². The van der Waals surface area contributed by atoms with E-state index in [1.807, 2.05) is 0 Å². The number of rotatable bonds is 2. The van der Waals surface area contributed by atoms with Gasteiger partial charge in [-0.1, -0.05) is 6.07 Å². The first kappa shape index (κ1) is 12.6. The predicted molar refractivity (Wildman–Crippen MR) is 50.3 cm³/mol. The fraction of sp³-hybridized carbons (Fsp3) is 0.111. The molecule has 1 N–H and O–H groups in total. The lowest BCUT2D eigenvalue weighted by Crippen LogP contribution is -2.18. The van der Waals surface area contributed by atoms with E-state index in [0.29, 0.717) is 0 Å². The van der Waals surface area contributed by atoms with Gasteiger partial charge in [0, 0.05) is 4.90 Å². The molecular weight excluding hydrogens is 245 g/mol. The lowest BCUT2D eigenvalue weighted by atomic mass is 10.2. The van der Waals surface area contributed by atoms with Gasteiger partial charge in [0.25, 0.3) is 5.12 Å². The van der Waals surface area contributed by atoms with E-state index in [1.54, 1.807) is 0 Å². The van der Waals surface area contributed by atoms with Crippen LogP contribution in [0.15, 0.2) is 29.2 Å². The Morgan fingerprint density at radius 2 is 1.88 bits per heavy atom. The SMILES string of the molecule is O=C(O)c1cccc(SC(=O)C(F)(F)F)c1. The summed E-state index contributed by atoms with van der Waals surface area (Å²) < 4.78 is 35.7. The molecule has 0 bridgehead atoms. The van der Waals surface area contributed by atoms with Crippen LogP contribution in [0.2, 0.25) is 0 Å². The Kier molecular flexibility index (Phi) is 3.58. The number of halogens is 3. The summed E-state index contributed by atoms with van der Waals surface area (Å²) in [5, 5.41) is 6.61. The van der Waals surface area contributed by atoms with Gasteiger partial charge in [-0.3, -0.25) is 4.79 Å². The number of carbonyl (C=O) groups is 2. The first-order chi connectivity index (χ1) is 7.30. The molecule has 0 saturated carbocycles. The molecule has 0 spiro atoms. The van der Waals surface area contributed by atoms with Gasteiger partial charge in [-0.25, -0.2) is 4.79 Å². The maximum atomic E-state index is 11.9. The van der Waals surface area contributed by atoms with Gasteiger partial charge in [-0.15, -0.1) is 0 Å². The van der Waals surface area contributed by atoms with Crippen molar-refractivity contribution in [1.29, 1.82) is 0 Å². The third kappa shape index (κ3) is 3.27. The molecule has 0 aliphatic carbocycles. The fourth-order valence-corrected chi connectivity index (χ4v) is 1.52. The molecule has 0 atom stereocenters. The number of carboxylic acid groups (broad SMARTS) is 1. The Bertz CT molecular complexity index is 428. The molecule has 0 amide bonds. The van der Waals surface area contributed by atoms with Gasteiger partial charge in [-0.05, 0) is 30.0 Å². The van der Waals surface area contributed by atoms with E-state index in [-0.39, 0.29) is 22.2 Å². The van der Waals surface area contributed by atoms with Crippen LogP contribution >= 0.6 is 11.8 Å². The summed E-state index contributed by atoms with van der Waals surface area (Å²) >= 11 is -0.0451. The highest BCUT2D eigenvalue weighted by molar-refractivity contribution is 8.13. The maximum absolute atomic E-state index is 11.9. The smallest absolute Gasteiger partial charge is 0.461 e. The lowest BCUT2D eigenvalue weighted by Gasteiger charge is -2.04. The molecule has 0 heterocycles. The highest BCUT2D eigenvalue weighted by Crippen LogP contribution is 2.29. The van der Waals surface area contributed by atoms with Crippen molar-refractivity contribution in [1.82, 2.24) is 0 Å². The zero-order chi connectivity index (χ0) is 12.3. The second kappa shape index (κ2) is 4.56. The molecule has 1 aromatic carbocycles.